The highest BCUT2D eigenvalue weighted by molar-refractivity contribution is 5.86. The number of hydrogen-bond donors (Lipinski definition) is 2. The van der Waals surface area contributed by atoms with Crippen molar-refractivity contribution in [1.29, 1.82) is 0 Å². The van der Waals surface area contributed by atoms with Crippen molar-refractivity contribution < 1.29 is 31.1 Å². The van der Waals surface area contributed by atoms with E-state index in [0.29, 0.717) is 12.8 Å². The Bertz CT molecular complexity index is 1080. The van der Waals surface area contributed by atoms with Gasteiger partial charge in [0.1, 0.15) is 5.84 Å². The fourth-order valence-electron chi connectivity index (χ4n) is 5.65. The molecule has 2 aliphatic rings. The van der Waals surface area contributed by atoms with E-state index in [1.165, 1.54) is 6.92 Å². The molecule has 2 aromatic rings. The van der Waals surface area contributed by atoms with Gasteiger partial charge in [0, 0.05) is 26.1 Å². The van der Waals surface area contributed by atoms with Crippen molar-refractivity contribution in [3.05, 3.63) is 70.8 Å². The lowest BCUT2D eigenvalue weighted by Gasteiger charge is -2.43. The Morgan fingerprint density at radius 1 is 1.00 bits per heavy atom. The van der Waals surface area contributed by atoms with Crippen LogP contribution in [0.4, 0.5) is 26.3 Å². The summed E-state index contributed by atoms with van der Waals surface area (Å²) in [4.78, 5) is 4.38. The maximum Gasteiger partial charge on any atom is 0.416 e. The van der Waals surface area contributed by atoms with Crippen LogP contribution in [0.5, 0.6) is 0 Å². The largest absolute Gasteiger partial charge is 0.416 e. The highest BCUT2D eigenvalue weighted by atomic mass is 35.5. The topological polar surface area (TPSA) is 45.7 Å². The molecule has 4 rings (SSSR count). The molecule has 2 saturated heterocycles. The minimum Gasteiger partial charge on any atom is -0.377 e. The van der Waals surface area contributed by atoms with E-state index in [0.717, 1.165) is 30.0 Å². The van der Waals surface area contributed by atoms with Crippen molar-refractivity contribution >= 4 is 30.6 Å². The number of halogens is 8. The molecule has 38 heavy (non-hydrogen) atoms. The summed E-state index contributed by atoms with van der Waals surface area (Å²) >= 11 is 0. The standard InChI is InChI=1S/C26H29F6N3O.2ClH/c1-15(16-11-18(25(27,28)29)13-19(12-16)26(30,31)32)36-22-10-9-21-20(23(33-2)34-3)14-24(22,35-21)17-7-5-4-6-8-17;;/h4-8,11-13,15,20-22,35H,9-10,14H2,1-3H3,(H,33,34);2*1H/t15?,20-,21+,22-,24-;;/m0../s1. The number of rotatable bonds is 5. The maximum absolute atomic E-state index is 13.4. The molecule has 2 heterocycles. The van der Waals surface area contributed by atoms with Crippen LogP contribution in [0, 0.1) is 5.92 Å². The minimum atomic E-state index is -4.91. The molecule has 2 aliphatic heterocycles. The van der Waals surface area contributed by atoms with Gasteiger partial charge in [-0.2, -0.15) is 26.3 Å². The average molecular weight is 586 g/mol. The van der Waals surface area contributed by atoms with Crippen molar-refractivity contribution in [2.75, 3.05) is 14.1 Å². The number of amidine groups is 1. The van der Waals surface area contributed by atoms with Crippen molar-refractivity contribution in [2.45, 2.75) is 62.3 Å². The molecule has 4 nitrogen and oxygen atoms in total. The number of nitrogens with one attached hydrogen (secondary N) is 2. The Hall–Kier alpha value is -2.01. The second-order valence-corrected chi connectivity index (χ2v) is 9.44. The molecule has 0 aliphatic carbocycles. The van der Waals surface area contributed by atoms with Gasteiger partial charge in [-0.05, 0) is 55.5 Å². The van der Waals surface area contributed by atoms with Crippen LogP contribution in [-0.2, 0) is 22.6 Å². The van der Waals surface area contributed by atoms with E-state index in [2.05, 4.69) is 15.6 Å². The van der Waals surface area contributed by atoms with Crippen molar-refractivity contribution in [2.24, 2.45) is 10.9 Å². The monoisotopic (exact) mass is 585 g/mol. The second-order valence-electron chi connectivity index (χ2n) is 9.44. The van der Waals surface area contributed by atoms with Crippen LogP contribution >= 0.6 is 24.8 Å². The number of alkyl halides is 6. The maximum atomic E-state index is 13.4. The first kappa shape index (κ1) is 32.2. The molecule has 0 amide bonds. The van der Waals surface area contributed by atoms with E-state index in [9.17, 15) is 26.3 Å². The van der Waals surface area contributed by atoms with Gasteiger partial charge in [0.25, 0.3) is 0 Å². The Labute approximate surface area is 230 Å². The van der Waals surface area contributed by atoms with Crippen LogP contribution in [0.3, 0.4) is 0 Å². The second kappa shape index (κ2) is 12.0. The van der Waals surface area contributed by atoms with Gasteiger partial charge in [0.05, 0.1) is 28.9 Å². The summed E-state index contributed by atoms with van der Waals surface area (Å²) in [5, 5.41) is 6.84. The van der Waals surface area contributed by atoms with Gasteiger partial charge in [-0.3, -0.25) is 4.99 Å². The van der Waals surface area contributed by atoms with E-state index in [1.54, 1.807) is 7.05 Å². The number of piperidine rings is 1. The van der Waals surface area contributed by atoms with E-state index in [1.807, 2.05) is 37.4 Å². The summed E-state index contributed by atoms with van der Waals surface area (Å²) in [5.74, 6) is 0.904. The van der Waals surface area contributed by atoms with Crippen molar-refractivity contribution in [3.8, 4) is 0 Å². The number of hydrogen-bond acceptors (Lipinski definition) is 3. The van der Waals surface area contributed by atoms with Crippen LogP contribution in [0.1, 0.15) is 54.5 Å². The summed E-state index contributed by atoms with van der Waals surface area (Å²) in [6, 6.07) is 11.4. The Kier molecular flexibility index (Phi) is 10.2. The molecule has 0 aromatic heterocycles. The molecule has 2 N–H and O–H groups in total. The van der Waals surface area contributed by atoms with Gasteiger partial charge in [-0.25, -0.2) is 0 Å². The summed E-state index contributed by atoms with van der Waals surface area (Å²) in [6.45, 7) is 1.50. The van der Waals surface area contributed by atoms with Crippen molar-refractivity contribution in [3.63, 3.8) is 0 Å². The highest BCUT2D eigenvalue weighted by Crippen LogP contribution is 2.49. The molecule has 0 saturated carbocycles. The zero-order valence-electron chi connectivity index (χ0n) is 21.0. The first-order valence-corrected chi connectivity index (χ1v) is 11.8. The predicted molar refractivity (Wildman–Crippen MR) is 139 cm³/mol. The molecule has 2 bridgehead atoms. The molecule has 5 atom stereocenters. The third-order valence-electron chi connectivity index (χ3n) is 7.35. The van der Waals surface area contributed by atoms with Crippen LogP contribution in [0.25, 0.3) is 0 Å². The van der Waals surface area contributed by atoms with Gasteiger partial charge >= 0.3 is 12.4 Å². The van der Waals surface area contributed by atoms with Gasteiger partial charge in [0.15, 0.2) is 0 Å². The molecule has 212 valence electrons. The van der Waals surface area contributed by atoms with Crippen molar-refractivity contribution in [1.82, 2.24) is 10.6 Å². The van der Waals surface area contributed by atoms with Gasteiger partial charge in [-0.15, -0.1) is 24.8 Å². The summed E-state index contributed by atoms with van der Waals surface area (Å²) in [7, 11) is 3.52. The lowest BCUT2D eigenvalue weighted by Crippen LogP contribution is -2.54. The third kappa shape index (κ3) is 6.24. The van der Waals surface area contributed by atoms with E-state index in [4.69, 9.17) is 4.74 Å². The molecule has 2 aromatic carbocycles. The van der Waals surface area contributed by atoms with E-state index >= 15 is 0 Å². The van der Waals surface area contributed by atoms with E-state index in [-0.39, 0.29) is 48.4 Å². The zero-order valence-corrected chi connectivity index (χ0v) is 22.6. The predicted octanol–water partition coefficient (Wildman–Crippen LogP) is 6.93. The average Bonchev–Trinajstić information content (AvgIpc) is 3.15. The fourth-order valence-corrected chi connectivity index (χ4v) is 5.65. The molecule has 12 heteroatoms. The Morgan fingerprint density at radius 2 is 1.58 bits per heavy atom. The highest BCUT2D eigenvalue weighted by Gasteiger charge is 2.55. The van der Waals surface area contributed by atoms with Gasteiger partial charge < -0.3 is 15.4 Å². The fraction of sp³-hybridized carbons (Fsp3) is 0.500. The summed E-state index contributed by atoms with van der Waals surface area (Å²) < 4.78 is 86.8. The van der Waals surface area contributed by atoms with Gasteiger partial charge in [-0.1, -0.05) is 30.3 Å². The normalized spacial score (nSPS) is 26.2. The number of ether oxygens (including phenoxy) is 1. The quantitative estimate of drug-likeness (QED) is 0.227. The lowest BCUT2D eigenvalue weighted by molar-refractivity contribution is -0.143. The van der Waals surface area contributed by atoms with Gasteiger partial charge in [0.2, 0.25) is 0 Å². The SMILES string of the molecule is CN=C(NC)[C@H]1C[C@@]2(c3ccccc3)N[C@@H]1CC[C@@H]2OC(C)c1cc(C(F)(F)F)cc(C(F)(F)F)c1.Cl.Cl. The Balaban J connectivity index is 0.00000253. The molecular weight excluding hydrogens is 555 g/mol. The van der Waals surface area contributed by atoms with Crippen LogP contribution in [0.2, 0.25) is 0 Å². The van der Waals surface area contributed by atoms with Crippen LogP contribution in [-0.4, -0.2) is 32.1 Å². The molecular formula is C26H31Cl2F6N3O. The lowest BCUT2D eigenvalue weighted by atomic mass is 9.79. The smallest absolute Gasteiger partial charge is 0.377 e. The first-order valence-electron chi connectivity index (χ1n) is 11.8. The molecule has 0 radical (unpaired) electrons. The van der Waals surface area contributed by atoms with E-state index < -0.39 is 41.2 Å². The minimum absolute atomic E-state index is 0. The molecule has 2 fully saturated rings. The van der Waals surface area contributed by atoms with Crippen LogP contribution in [0.15, 0.2) is 53.5 Å². The number of nitrogens with zero attached hydrogens (tertiary/aromatic N) is 1. The summed E-state index contributed by atoms with van der Waals surface area (Å²) in [5.41, 5.74) is -2.56. The summed E-state index contributed by atoms with van der Waals surface area (Å²) in [6.07, 6.45) is -9.35. The first-order chi connectivity index (χ1) is 16.9. The molecule has 1 unspecified atom stereocenters. The molecule has 0 spiro atoms. The third-order valence-corrected chi connectivity index (χ3v) is 7.35. The van der Waals surface area contributed by atoms with Crippen LogP contribution < -0.4 is 10.6 Å². The number of aliphatic imine (C=N–C) groups is 1. The zero-order chi connectivity index (χ0) is 26.3. The number of benzene rings is 2. The Morgan fingerprint density at radius 3 is 2.08 bits per heavy atom. The number of fused-ring (bicyclic) bond motifs is 2.